The predicted molar refractivity (Wildman–Crippen MR) is 81.1 cm³/mol. The number of imidazole rings is 1. The van der Waals surface area contributed by atoms with E-state index >= 15 is 0 Å². The smallest absolute Gasteiger partial charge is 0.150 e. The van der Waals surface area contributed by atoms with Crippen LogP contribution in [0.25, 0.3) is 10.9 Å². The Bertz CT molecular complexity index is 859. The number of hydrogen-bond acceptors (Lipinski definition) is 4. The average Bonchev–Trinajstić information content (AvgIpc) is 3.27. The lowest BCUT2D eigenvalue weighted by atomic mass is 10.2. The lowest BCUT2D eigenvalue weighted by molar-refractivity contribution is 0.688. The van der Waals surface area contributed by atoms with Gasteiger partial charge >= 0.3 is 0 Å². The molecule has 0 saturated carbocycles. The second-order valence-electron chi connectivity index (χ2n) is 5.20. The number of nitrogens with zero attached hydrogens (tertiary/aromatic N) is 6. The lowest BCUT2D eigenvalue weighted by Gasteiger charge is -2.02. The van der Waals surface area contributed by atoms with E-state index in [2.05, 4.69) is 65.2 Å². The van der Waals surface area contributed by atoms with Crippen molar-refractivity contribution in [2.45, 2.75) is 19.5 Å². The minimum atomic E-state index is 0.774. The number of para-hydroxylation sites is 1. The third-order valence-electron chi connectivity index (χ3n) is 3.76. The first kappa shape index (κ1) is 12.8. The monoisotopic (exact) mass is 293 g/mol. The van der Waals surface area contributed by atoms with E-state index in [1.54, 1.807) is 6.20 Å². The Morgan fingerprint density at radius 1 is 1.18 bits per heavy atom. The molecule has 110 valence electrons. The maximum absolute atomic E-state index is 4.11. The number of aromatic amines is 1. The highest BCUT2D eigenvalue weighted by Crippen LogP contribution is 2.22. The molecule has 0 atom stereocenters. The van der Waals surface area contributed by atoms with Gasteiger partial charge in [-0.1, -0.05) is 18.2 Å². The largest absolute Gasteiger partial charge is 0.347 e. The van der Waals surface area contributed by atoms with Crippen molar-refractivity contribution < 1.29 is 0 Å². The molecule has 0 saturated heterocycles. The Balaban J connectivity index is 1.66. The fourth-order valence-electron chi connectivity index (χ4n) is 2.72. The van der Waals surface area contributed by atoms with Gasteiger partial charge in [-0.2, -0.15) is 0 Å². The first-order chi connectivity index (χ1) is 10.9. The van der Waals surface area contributed by atoms with E-state index in [4.69, 9.17) is 0 Å². The van der Waals surface area contributed by atoms with Crippen LogP contribution in [0.5, 0.6) is 0 Å². The Hall–Kier alpha value is -2.96. The molecule has 3 heterocycles. The molecule has 1 N–H and O–H groups in total. The van der Waals surface area contributed by atoms with Crippen molar-refractivity contribution >= 4 is 10.9 Å². The van der Waals surface area contributed by atoms with E-state index in [1.807, 2.05) is 12.5 Å². The molecule has 22 heavy (non-hydrogen) atoms. The number of benzene rings is 1. The third-order valence-corrected chi connectivity index (χ3v) is 3.76. The van der Waals surface area contributed by atoms with E-state index in [1.165, 1.54) is 16.5 Å². The Kier molecular flexibility index (Phi) is 3.15. The number of rotatable bonds is 5. The Labute approximate surface area is 126 Å². The van der Waals surface area contributed by atoms with Crippen molar-refractivity contribution in [1.29, 1.82) is 0 Å². The third kappa shape index (κ3) is 2.37. The van der Waals surface area contributed by atoms with Gasteiger partial charge in [-0.3, -0.25) is 0 Å². The number of nitrogens with one attached hydrogen (secondary N) is 1. The molecule has 0 aliphatic carbocycles. The van der Waals surface area contributed by atoms with Crippen LogP contribution in [0.3, 0.4) is 0 Å². The molecule has 0 amide bonds. The summed E-state index contributed by atoms with van der Waals surface area (Å²) in [5.74, 6) is 0.800. The Morgan fingerprint density at radius 2 is 2.14 bits per heavy atom. The normalized spacial score (nSPS) is 11.3. The first-order valence-corrected chi connectivity index (χ1v) is 7.15. The molecule has 1 aromatic carbocycles. The number of hydrogen-bond donors (Lipinski definition) is 1. The summed E-state index contributed by atoms with van der Waals surface area (Å²) in [7, 11) is 0. The van der Waals surface area contributed by atoms with Crippen molar-refractivity contribution in [3.05, 3.63) is 60.6 Å². The van der Waals surface area contributed by atoms with Crippen LogP contribution in [-0.2, 0) is 19.5 Å². The highest BCUT2D eigenvalue weighted by atomic mass is 15.5. The molecule has 7 heteroatoms. The summed E-state index contributed by atoms with van der Waals surface area (Å²) in [5.41, 5.74) is 2.51. The summed E-state index contributed by atoms with van der Waals surface area (Å²) in [5, 5.41) is 15.2. The van der Waals surface area contributed by atoms with Gasteiger partial charge in [0.15, 0.2) is 0 Å². The average molecular weight is 293 g/mol. The van der Waals surface area contributed by atoms with Gasteiger partial charge in [0.25, 0.3) is 0 Å². The van der Waals surface area contributed by atoms with Crippen LogP contribution in [0.1, 0.15) is 11.4 Å². The highest BCUT2D eigenvalue weighted by Gasteiger charge is 2.09. The minimum absolute atomic E-state index is 0.774. The zero-order valence-electron chi connectivity index (χ0n) is 11.9. The number of fused-ring (bicyclic) bond motifs is 1. The molecule has 0 radical (unpaired) electrons. The molecule has 7 nitrogen and oxygen atoms in total. The lowest BCUT2D eigenvalue weighted by Crippen LogP contribution is -2.01. The molecular weight excluding hydrogens is 278 g/mol. The maximum Gasteiger partial charge on any atom is 0.150 e. The molecule has 4 aromatic rings. The van der Waals surface area contributed by atoms with Crippen LogP contribution in [0.2, 0.25) is 0 Å². The van der Waals surface area contributed by atoms with Crippen molar-refractivity contribution in [3.8, 4) is 0 Å². The van der Waals surface area contributed by atoms with Gasteiger partial charge in [0.05, 0.1) is 12.9 Å². The Morgan fingerprint density at radius 3 is 2.95 bits per heavy atom. The van der Waals surface area contributed by atoms with Gasteiger partial charge < -0.3 is 9.13 Å². The van der Waals surface area contributed by atoms with Crippen LogP contribution in [0.4, 0.5) is 0 Å². The predicted octanol–water partition coefficient (Wildman–Crippen LogP) is 1.64. The van der Waals surface area contributed by atoms with E-state index in [0.717, 1.165) is 25.3 Å². The second-order valence-corrected chi connectivity index (χ2v) is 5.20. The molecule has 0 spiro atoms. The molecule has 0 unspecified atom stereocenters. The molecule has 4 rings (SSSR count). The van der Waals surface area contributed by atoms with Gasteiger partial charge in [0.1, 0.15) is 5.82 Å². The van der Waals surface area contributed by atoms with E-state index in [0.29, 0.717) is 0 Å². The van der Waals surface area contributed by atoms with Gasteiger partial charge in [-0.15, -0.1) is 5.10 Å². The molecule has 0 aliphatic heterocycles. The molecule has 0 bridgehead atoms. The minimum Gasteiger partial charge on any atom is -0.347 e. The summed E-state index contributed by atoms with van der Waals surface area (Å²) in [4.78, 5) is 4.11. The summed E-state index contributed by atoms with van der Waals surface area (Å²) in [6.07, 6.45) is 8.60. The summed E-state index contributed by atoms with van der Waals surface area (Å²) in [6, 6.07) is 8.44. The molecule has 3 aromatic heterocycles. The van der Waals surface area contributed by atoms with E-state index in [-0.39, 0.29) is 0 Å². The zero-order valence-corrected chi connectivity index (χ0v) is 11.9. The van der Waals surface area contributed by atoms with Crippen LogP contribution in [0, 0.1) is 0 Å². The van der Waals surface area contributed by atoms with Crippen LogP contribution >= 0.6 is 0 Å². The molecule has 0 aliphatic rings. The van der Waals surface area contributed by atoms with Gasteiger partial charge in [0.2, 0.25) is 0 Å². The van der Waals surface area contributed by atoms with Crippen LogP contribution < -0.4 is 0 Å². The summed E-state index contributed by atoms with van der Waals surface area (Å²) in [6.45, 7) is 1.65. The first-order valence-electron chi connectivity index (χ1n) is 7.15. The van der Waals surface area contributed by atoms with Gasteiger partial charge in [0, 0.05) is 42.5 Å². The summed E-state index contributed by atoms with van der Waals surface area (Å²) < 4.78 is 4.33. The topological polar surface area (TPSA) is 77.2 Å². The SMILES string of the molecule is c1ccc2c(c1)c(Cn1ccnc1)cn2CCc1nnn[nH]1. The van der Waals surface area contributed by atoms with Crippen molar-refractivity contribution in [2.24, 2.45) is 0 Å². The molecule has 0 fully saturated rings. The van der Waals surface area contributed by atoms with Crippen molar-refractivity contribution in [3.63, 3.8) is 0 Å². The standard InChI is InChI=1S/C15H15N7/c1-2-4-14-13(3-1)12(9-21-8-6-16-11-21)10-22(14)7-5-15-17-19-20-18-15/h1-4,6,8,10-11H,5,7,9H2,(H,17,18,19,20). The fourth-order valence-corrected chi connectivity index (χ4v) is 2.72. The second kappa shape index (κ2) is 5.44. The molecular formula is C15H15N7. The quantitative estimate of drug-likeness (QED) is 0.607. The van der Waals surface area contributed by atoms with Gasteiger partial charge in [-0.05, 0) is 22.1 Å². The number of aromatic nitrogens is 7. The summed E-state index contributed by atoms with van der Waals surface area (Å²) >= 11 is 0. The number of H-pyrrole nitrogens is 1. The van der Waals surface area contributed by atoms with Gasteiger partial charge in [-0.25, -0.2) is 10.1 Å². The van der Waals surface area contributed by atoms with Crippen molar-refractivity contribution in [1.82, 2.24) is 34.7 Å². The van der Waals surface area contributed by atoms with Crippen molar-refractivity contribution in [2.75, 3.05) is 0 Å². The fraction of sp³-hybridized carbons (Fsp3) is 0.200. The maximum atomic E-state index is 4.11. The van der Waals surface area contributed by atoms with Crippen LogP contribution in [-0.4, -0.2) is 34.7 Å². The highest BCUT2D eigenvalue weighted by molar-refractivity contribution is 5.84. The van der Waals surface area contributed by atoms with E-state index in [9.17, 15) is 0 Å². The number of aryl methyl sites for hydroxylation is 2. The van der Waals surface area contributed by atoms with Crippen LogP contribution in [0.15, 0.2) is 49.2 Å². The zero-order chi connectivity index (χ0) is 14.8. The van der Waals surface area contributed by atoms with E-state index < -0.39 is 0 Å². The number of tetrazole rings is 1.